The molecule has 3 rings (SSSR count). The van der Waals surface area contributed by atoms with E-state index in [1.807, 2.05) is 42.5 Å². The van der Waals surface area contributed by atoms with Crippen molar-refractivity contribution in [2.75, 3.05) is 0 Å². The first kappa shape index (κ1) is 11.8. The summed E-state index contributed by atoms with van der Waals surface area (Å²) in [5, 5.41) is 11.8. The second-order valence-corrected chi connectivity index (χ2v) is 4.69. The number of nitrogens with zero attached hydrogens (tertiary/aromatic N) is 2. The van der Waals surface area contributed by atoms with Gasteiger partial charge in [-0.15, -0.1) is 0 Å². The fraction of sp³-hybridized carbons (Fsp3) is 0.125. The SMILES string of the molecule is CC(O)(c1cccnc1)c1cccc2ncccc12. The van der Waals surface area contributed by atoms with Gasteiger partial charge in [-0.1, -0.05) is 24.3 Å². The van der Waals surface area contributed by atoms with Crippen LogP contribution in [0.3, 0.4) is 0 Å². The number of pyridine rings is 2. The Labute approximate surface area is 111 Å². The molecule has 0 saturated heterocycles. The van der Waals surface area contributed by atoms with Gasteiger partial charge in [0.15, 0.2) is 0 Å². The molecule has 1 atom stereocenters. The molecule has 2 heterocycles. The van der Waals surface area contributed by atoms with Crippen molar-refractivity contribution in [3.8, 4) is 0 Å². The van der Waals surface area contributed by atoms with Crippen molar-refractivity contribution in [3.05, 3.63) is 72.2 Å². The van der Waals surface area contributed by atoms with Crippen LogP contribution in [0.5, 0.6) is 0 Å². The third-order valence-electron chi connectivity index (χ3n) is 3.39. The highest BCUT2D eigenvalue weighted by atomic mass is 16.3. The summed E-state index contributed by atoms with van der Waals surface area (Å²) in [6, 6.07) is 13.3. The monoisotopic (exact) mass is 250 g/mol. The Kier molecular flexibility index (Phi) is 2.76. The first-order valence-corrected chi connectivity index (χ1v) is 6.17. The molecule has 0 saturated carbocycles. The minimum atomic E-state index is -1.09. The molecule has 2 aromatic heterocycles. The van der Waals surface area contributed by atoms with Crippen LogP contribution < -0.4 is 0 Å². The number of rotatable bonds is 2. The molecule has 1 N–H and O–H groups in total. The minimum absolute atomic E-state index is 0.770. The lowest BCUT2D eigenvalue weighted by molar-refractivity contribution is 0.103. The summed E-state index contributed by atoms with van der Waals surface area (Å²) in [7, 11) is 0. The number of hydrogen-bond acceptors (Lipinski definition) is 3. The molecule has 0 bridgehead atoms. The Morgan fingerprint density at radius 3 is 2.63 bits per heavy atom. The van der Waals surface area contributed by atoms with Crippen molar-refractivity contribution in [1.82, 2.24) is 9.97 Å². The maximum Gasteiger partial charge on any atom is 0.114 e. The predicted octanol–water partition coefficient (Wildman–Crippen LogP) is 2.89. The molecule has 0 spiro atoms. The van der Waals surface area contributed by atoms with Gasteiger partial charge in [0, 0.05) is 29.5 Å². The maximum atomic E-state index is 10.9. The smallest absolute Gasteiger partial charge is 0.114 e. The van der Waals surface area contributed by atoms with Gasteiger partial charge in [-0.2, -0.15) is 0 Å². The Hall–Kier alpha value is -2.26. The molecular formula is C16H14N2O. The van der Waals surface area contributed by atoms with Crippen molar-refractivity contribution >= 4 is 10.9 Å². The van der Waals surface area contributed by atoms with E-state index >= 15 is 0 Å². The van der Waals surface area contributed by atoms with Crippen LogP contribution in [0.2, 0.25) is 0 Å². The number of fused-ring (bicyclic) bond motifs is 1. The molecular weight excluding hydrogens is 236 g/mol. The van der Waals surface area contributed by atoms with E-state index in [0.29, 0.717) is 0 Å². The van der Waals surface area contributed by atoms with Gasteiger partial charge in [-0.25, -0.2) is 0 Å². The zero-order chi connectivity index (χ0) is 13.3. The van der Waals surface area contributed by atoms with Gasteiger partial charge >= 0.3 is 0 Å². The van der Waals surface area contributed by atoms with Crippen molar-refractivity contribution in [2.24, 2.45) is 0 Å². The summed E-state index contributed by atoms with van der Waals surface area (Å²) in [4.78, 5) is 8.40. The summed E-state index contributed by atoms with van der Waals surface area (Å²) >= 11 is 0. The minimum Gasteiger partial charge on any atom is -0.381 e. The first-order chi connectivity index (χ1) is 9.19. The third-order valence-corrected chi connectivity index (χ3v) is 3.39. The number of aromatic nitrogens is 2. The highest BCUT2D eigenvalue weighted by Gasteiger charge is 2.27. The highest BCUT2D eigenvalue weighted by molar-refractivity contribution is 5.83. The molecule has 3 nitrogen and oxygen atoms in total. The van der Waals surface area contributed by atoms with Crippen LogP contribution in [-0.2, 0) is 5.60 Å². The summed E-state index contributed by atoms with van der Waals surface area (Å²) in [6.07, 6.45) is 5.14. The largest absolute Gasteiger partial charge is 0.381 e. The number of hydrogen-bond donors (Lipinski definition) is 1. The van der Waals surface area contributed by atoms with Crippen LogP contribution in [0.15, 0.2) is 61.1 Å². The van der Waals surface area contributed by atoms with Crippen LogP contribution in [0.1, 0.15) is 18.1 Å². The van der Waals surface area contributed by atoms with Crippen molar-refractivity contribution in [1.29, 1.82) is 0 Å². The molecule has 0 radical (unpaired) electrons. The summed E-state index contributed by atoms with van der Waals surface area (Å²) < 4.78 is 0. The van der Waals surface area contributed by atoms with E-state index in [-0.39, 0.29) is 0 Å². The van der Waals surface area contributed by atoms with E-state index in [9.17, 15) is 5.11 Å². The zero-order valence-electron chi connectivity index (χ0n) is 10.6. The van der Waals surface area contributed by atoms with Gasteiger partial charge in [-0.3, -0.25) is 9.97 Å². The van der Waals surface area contributed by atoms with Crippen molar-refractivity contribution in [3.63, 3.8) is 0 Å². The van der Waals surface area contributed by atoms with Gasteiger partial charge in [0.1, 0.15) is 5.60 Å². The molecule has 3 heteroatoms. The fourth-order valence-electron chi connectivity index (χ4n) is 2.33. The Balaban J connectivity index is 2.24. The summed E-state index contributed by atoms with van der Waals surface area (Å²) in [5.41, 5.74) is 1.40. The topological polar surface area (TPSA) is 46.0 Å². The fourth-order valence-corrected chi connectivity index (χ4v) is 2.33. The van der Waals surface area contributed by atoms with Gasteiger partial charge in [0.05, 0.1) is 5.52 Å². The van der Waals surface area contributed by atoms with Crippen LogP contribution in [0.25, 0.3) is 10.9 Å². The molecule has 94 valence electrons. The predicted molar refractivity (Wildman–Crippen MR) is 74.7 cm³/mol. The van der Waals surface area contributed by atoms with Crippen LogP contribution in [0.4, 0.5) is 0 Å². The van der Waals surface area contributed by atoms with Gasteiger partial charge < -0.3 is 5.11 Å². The average Bonchev–Trinajstić information content (AvgIpc) is 2.47. The van der Waals surface area contributed by atoms with E-state index in [0.717, 1.165) is 22.0 Å². The maximum absolute atomic E-state index is 10.9. The lowest BCUT2D eigenvalue weighted by Crippen LogP contribution is -2.23. The quantitative estimate of drug-likeness (QED) is 0.760. The number of aliphatic hydroxyl groups is 1. The van der Waals surface area contributed by atoms with Gasteiger partial charge in [-0.05, 0) is 30.7 Å². The molecule has 0 fully saturated rings. The van der Waals surface area contributed by atoms with Crippen LogP contribution >= 0.6 is 0 Å². The summed E-state index contributed by atoms with van der Waals surface area (Å²) in [5.74, 6) is 0. The third kappa shape index (κ3) is 1.98. The van der Waals surface area contributed by atoms with Crippen LogP contribution in [0, 0.1) is 0 Å². The molecule has 0 aliphatic rings. The second kappa shape index (κ2) is 4.44. The van der Waals surface area contributed by atoms with Crippen molar-refractivity contribution in [2.45, 2.75) is 12.5 Å². The van der Waals surface area contributed by atoms with Crippen molar-refractivity contribution < 1.29 is 5.11 Å². The zero-order valence-corrected chi connectivity index (χ0v) is 10.6. The number of benzene rings is 1. The highest BCUT2D eigenvalue weighted by Crippen LogP contribution is 2.32. The molecule has 0 aliphatic carbocycles. The standard InChI is InChI=1S/C16H14N2O/c1-16(19,12-5-3-9-17-11-12)14-7-2-8-15-13(14)6-4-10-18-15/h2-11,19H,1H3. The molecule has 0 amide bonds. The normalized spacial score (nSPS) is 14.2. The Bertz CT molecular complexity index is 703. The molecule has 3 aromatic rings. The molecule has 1 unspecified atom stereocenters. The van der Waals surface area contributed by atoms with E-state index in [4.69, 9.17) is 0 Å². The lowest BCUT2D eigenvalue weighted by Gasteiger charge is -2.25. The van der Waals surface area contributed by atoms with Crippen LogP contribution in [-0.4, -0.2) is 15.1 Å². The van der Waals surface area contributed by atoms with Gasteiger partial charge in [0.2, 0.25) is 0 Å². The van der Waals surface area contributed by atoms with E-state index < -0.39 is 5.60 Å². The van der Waals surface area contributed by atoms with Gasteiger partial charge in [0.25, 0.3) is 0 Å². The Morgan fingerprint density at radius 2 is 1.84 bits per heavy atom. The molecule has 1 aromatic carbocycles. The molecule has 19 heavy (non-hydrogen) atoms. The lowest BCUT2D eigenvalue weighted by atomic mass is 9.87. The average molecular weight is 250 g/mol. The second-order valence-electron chi connectivity index (χ2n) is 4.69. The van der Waals surface area contributed by atoms with E-state index in [1.165, 1.54) is 0 Å². The summed E-state index contributed by atoms with van der Waals surface area (Å²) in [6.45, 7) is 1.78. The van der Waals surface area contributed by atoms with E-state index in [1.54, 1.807) is 25.5 Å². The Morgan fingerprint density at radius 1 is 1.00 bits per heavy atom. The van der Waals surface area contributed by atoms with E-state index in [2.05, 4.69) is 9.97 Å². The first-order valence-electron chi connectivity index (χ1n) is 6.17. The molecule has 0 aliphatic heterocycles.